The number of hydrogen-bond donors (Lipinski definition) is 1. The van der Waals surface area contributed by atoms with E-state index in [0.29, 0.717) is 6.54 Å². The Bertz CT molecular complexity index is 1070. The molecule has 1 unspecified atom stereocenters. The molecule has 31 heavy (non-hydrogen) atoms. The van der Waals surface area contributed by atoms with E-state index < -0.39 is 6.04 Å². The third-order valence-electron chi connectivity index (χ3n) is 5.17. The van der Waals surface area contributed by atoms with E-state index in [-0.39, 0.29) is 11.8 Å². The van der Waals surface area contributed by atoms with Gasteiger partial charge in [-0.05, 0) is 44.5 Å². The quantitative estimate of drug-likeness (QED) is 0.598. The van der Waals surface area contributed by atoms with Gasteiger partial charge in [0, 0.05) is 30.9 Å². The van der Waals surface area contributed by atoms with Crippen molar-refractivity contribution in [2.45, 2.75) is 33.4 Å². The summed E-state index contributed by atoms with van der Waals surface area (Å²) in [4.78, 5) is 26.6. The Morgan fingerprint density at radius 1 is 1.06 bits per heavy atom. The highest BCUT2D eigenvalue weighted by Gasteiger charge is 2.21. The standard InChI is InChI=1S/C25H28N4O2/c1-18-23(20(3)29(27-18)22-13-9-6-10-14-22)17-28(4)25(31)19(2)26-24(30)16-15-21-11-7-5-8-12-21/h5-16,19H,17H2,1-4H3,(H,26,30)/b16-15+. The Morgan fingerprint density at radius 3 is 2.32 bits per heavy atom. The number of nitrogens with one attached hydrogen (secondary N) is 1. The van der Waals surface area contributed by atoms with Gasteiger partial charge in [-0.1, -0.05) is 48.5 Å². The lowest BCUT2D eigenvalue weighted by molar-refractivity contribution is -0.134. The molecular formula is C25H28N4O2. The van der Waals surface area contributed by atoms with Crippen molar-refractivity contribution in [1.29, 1.82) is 0 Å². The van der Waals surface area contributed by atoms with Crippen LogP contribution in [0.1, 0.15) is 29.4 Å². The molecule has 0 spiro atoms. The Kier molecular flexibility index (Phi) is 7.03. The molecule has 3 rings (SSSR count). The van der Waals surface area contributed by atoms with Crippen molar-refractivity contribution in [3.63, 3.8) is 0 Å². The van der Waals surface area contributed by atoms with Gasteiger partial charge in [0.05, 0.1) is 11.4 Å². The lowest BCUT2D eigenvalue weighted by Crippen LogP contribution is -2.44. The number of hydrogen-bond acceptors (Lipinski definition) is 3. The van der Waals surface area contributed by atoms with Gasteiger partial charge in [0.1, 0.15) is 6.04 Å². The molecule has 1 aromatic heterocycles. The van der Waals surface area contributed by atoms with Gasteiger partial charge in [0.2, 0.25) is 11.8 Å². The highest BCUT2D eigenvalue weighted by molar-refractivity contribution is 5.95. The molecular weight excluding hydrogens is 388 g/mol. The Balaban J connectivity index is 1.63. The second-order valence-electron chi connectivity index (χ2n) is 7.57. The smallest absolute Gasteiger partial charge is 0.244 e. The van der Waals surface area contributed by atoms with Crippen LogP contribution >= 0.6 is 0 Å². The van der Waals surface area contributed by atoms with Crippen molar-refractivity contribution >= 4 is 17.9 Å². The minimum Gasteiger partial charge on any atom is -0.341 e. The van der Waals surface area contributed by atoms with E-state index in [1.807, 2.05) is 79.2 Å². The molecule has 6 heteroatoms. The average molecular weight is 417 g/mol. The molecule has 2 aromatic carbocycles. The molecule has 3 aromatic rings. The van der Waals surface area contributed by atoms with Gasteiger partial charge in [-0.25, -0.2) is 4.68 Å². The monoisotopic (exact) mass is 416 g/mol. The topological polar surface area (TPSA) is 67.2 Å². The number of aryl methyl sites for hydroxylation is 1. The summed E-state index contributed by atoms with van der Waals surface area (Å²) < 4.78 is 1.89. The second-order valence-corrected chi connectivity index (χ2v) is 7.57. The first-order valence-corrected chi connectivity index (χ1v) is 10.3. The molecule has 0 fully saturated rings. The van der Waals surface area contributed by atoms with Crippen molar-refractivity contribution in [3.8, 4) is 5.69 Å². The molecule has 0 saturated carbocycles. The fourth-order valence-corrected chi connectivity index (χ4v) is 3.43. The number of amides is 2. The van der Waals surface area contributed by atoms with Crippen LogP contribution in [-0.2, 0) is 16.1 Å². The third-order valence-corrected chi connectivity index (χ3v) is 5.17. The zero-order chi connectivity index (χ0) is 22.4. The third kappa shape index (κ3) is 5.48. The number of likely N-dealkylation sites (N-methyl/N-ethyl adjacent to an activating group) is 1. The Labute approximate surface area is 183 Å². The molecule has 1 N–H and O–H groups in total. The van der Waals surface area contributed by atoms with Crippen molar-refractivity contribution in [1.82, 2.24) is 20.0 Å². The molecule has 160 valence electrons. The van der Waals surface area contributed by atoms with E-state index in [9.17, 15) is 9.59 Å². The van der Waals surface area contributed by atoms with E-state index in [1.54, 1.807) is 24.9 Å². The molecule has 0 radical (unpaired) electrons. The SMILES string of the molecule is Cc1nn(-c2ccccc2)c(C)c1CN(C)C(=O)C(C)NC(=O)/C=C/c1ccccc1. The van der Waals surface area contributed by atoms with Gasteiger partial charge in [-0.2, -0.15) is 5.10 Å². The fraction of sp³-hybridized carbons (Fsp3) is 0.240. The number of rotatable bonds is 7. The van der Waals surface area contributed by atoms with Crippen LogP contribution < -0.4 is 5.32 Å². The van der Waals surface area contributed by atoms with Crippen LogP contribution in [0.15, 0.2) is 66.7 Å². The average Bonchev–Trinajstić information content (AvgIpc) is 3.06. The second kappa shape index (κ2) is 9.89. The van der Waals surface area contributed by atoms with Crippen LogP contribution in [0.3, 0.4) is 0 Å². The van der Waals surface area contributed by atoms with Gasteiger partial charge >= 0.3 is 0 Å². The van der Waals surface area contributed by atoms with Crippen LogP contribution in [-0.4, -0.2) is 39.6 Å². The summed E-state index contributed by atoms with van der Waals surface area (Å²) in [6.45, 7) is 6.06. The van der Waals surface area contributed by atoms with Gasteiger partial charge in [-0.3, -0.25) is 9.59 Å². The molecule has 0 aliphatic carbocycles. The summed E-state index contributed by atoms with van der Waals surface area (Å²) in [5, 5.41) is 7.38. The van der Waals surface area contributed by atoms with Crippen molar-refractivity contribution < 1.29 is 9.59 Å². The number of carbonyl (C=O) groups is 2. The maximum atomic E-state index is 12.8. The number of benzene rings is 2. The molecule has 6 nitrogen and oxygen atoms in total. The van der Waals surface area contributed by atoms with Gasteiger partial charge < -0.3 is 10.2 Å². The lowest BCUT2D eigenvalue weighted by atomic mass is 10.1. The summed E-state index contributed by atoms with van der Waals surface area (Å²) in [6.07, 6.45) is 3.16. The summed E-state index contributed by atoms with van der Waals surface area (Å²) in [5.41, 5.74) is 4.78. The number of carbonyl (C=O) groups excluding carboxylic acids is 2. The molecule has 1 atom stereocenters. The Morgan fingerprint density at radius 2 is 1.68 bits per heavy atom. The maximum absolute atomic E-state index is 12.8. The van der Waals surface area contributed by atoms with Crippen molar-refractivity contribution in [2.24, 2.45) is 0 Å². The van der Waals surface area contributed by atoms with E-state index >= 15 is 0 Å². The summed E-state index contributed by atoms with van der Waals surface area (Å²) in [5.74, 6) is -0.463. The molecule has 0 aliphatic rings. The summed E-state index contributed by atoms with van der Waals surface area (Å²) >= 11 is 0. The minimum absolute atomic E-state index is 0.160. The zero-order valence-corrected chi connectivity index (χ0v) is 18.4. The molecule has 2 amide bonds. The number of para-hydroxylation sites is 1. The summed E-state index contributed by atoms with van der Waals surface area (Å²) in [7, 11) is 1.74. The van der Waals surface area contributed by atoms with Crippen molar-refractivity contribution in [2.75, 3.05) is 7.05 Å². The predicted molar refractivity (Wildman–Crippen MR) is 123 cm³/mol. The van der Waals surface area contributed by atoms with Crippen LogP contribution in [0.4, 0.5) is 0 Å². The zero-order valence-electron chi connectivity index (χ0n) is 18.4. The maximum Gasteiger partial charge on any atom is 0.244 e. The van der Waals surface area contributed by atoms with E-state index in [2.05, 4.69) is 10.4 Å². The number of aromatic nitrogens is 2. The highest BCUT2D eigenvalue weighted by atomic mass is 16.2. The first kappa shape index (κ1) is 22.0. The van der Waals surface area contributed by atoms with Crippen LogP contribution in [0.25, 0.3) is 11.8 Å². The van der Waals surface area contributed by atoms with Gasteiger partial charge in [-0.15, -0.1) is 0 Å². The van der Waals surface area contributed by atoms with E-state index in [1.165, 1.54) is 6.08 Å². The van der Waals surface area contributed by atoms with Crippen LogP contribution in [0, 0.1) is 13.8 Å². The van der Waals surface area contributed by atoms with E-state index in [4.69, 9.17) is 0 Å². The Hall–Kier alpha value is -3.67. The summed E-state index contributed by atoms with van der Waals surface area (Å²) in [6, 6.07) is 18.8. The van der Waals surface area contributed by atoms with Crippen molar-refractivity contribution in [3.05, 3.63) is 89.3 Å². The fourth-order valence-electron chi connectivity index (χ4n) is 3.43. The van der Waals surface area contributed by atoms with Gasteiger partial charge in [0.25, 0.3) is 0 Å². The lowest BCUT2D eigenvalue weighted by Gasteiger charge is -2.22. The highest BCUT2D eigenvalue weighted by Crippen LogP contribution is 2.19. The molecule has 0 bridgehead atoms. The molecule has 0 saturated heterocycles. The minimum atomic E-state index is -0.636. The number of nitrogens with zero attached hydrogens (tertiary/aromatic N) is 3. The van der Waals surface area contributed by atoms with Crippen LogP contribution in [0.2, 0.25) is 0 Å². The normalized spacial score (nSPS) is 12.0. The van der Waals surface area contributed by atoms with E-state index in [0.717, 1.165) is 28.2 Å². The molecule has 0 aliphatic heterocycles. The van der Waals surface area contributed by atoms with Gasteiger partial charge in [0.15, 0.2) is 0 Å². The first-order chi connectivity index (χ1) is 14.9. The predicted octanol–water partition coefficient (Wildman–Crippen LogP) is 3.67. The molecule has 1 heterocycles. The largest absolute Gasteiger partial charge is 0.341 e. The van der Waals surface area contributed by atoms with Crippen LogP contribution in [0.5, 0.6) is 0 Å². The first-order valence-electron chi connectivity index (χ1n) is 10.3.